The van der Waals surface area contributed by atoms with E-state index in [1.807, 2.05) is 25.1 Å². The van der Waals surface area contributed by atoms with E-state index in [1.54, 1.807) is 0 Å². The number of carbonyl (C=O) groups excluding carboxylic acids is 1. The molecule has 1 aromatic rings. The molecule has 3 nitrogen and oxygen atoms in total. The van der Waals surface area contributed by atoms with Gasteiger partial charge < -0.3 is 10.4 Å². The second kappa shape index (κ2) is 5.03. The molecule has 0 bridgehead atoms. The van der Waals surface area contributed by atoms with Gasteiger partial charge in [0.15, 0.2) is 0 Å². The third-order valence-corrected chi connectivity index (χ3v) is 2.60. The van der Waals surface area contributed by atoms with Crippen molar-refractivity contribution in [3.05, 3.63) is 29.3 Å². The third kappa shape index (κ3) is 3.33. The maximum atomic E-state index is 11.6. The standard InChI is InChI=1S/C14H15NO2/c1-10-7-11(3-2-6-16)9-13(8-10)15-14(17)12-4-5-12/h7-9,12,16H,4-6H2,1H3,(H,15,17). The Morgan fingerprint density at radius 1 is 1.47 bits per heavy atom. The van der Waals surface area contributed by atoms with E-state index in [4.69, 9.17) is 5.11 Å². The number of anilines is 1. The van der Waals surface area contributed by atoms with E-state index in [9.17, 15) is 4.79 Å². The highest BCUT2D eigenvalue weighted by atomic mass is 16.2. The molecule has 1 aliphatic rings. The van der Waals surface area contributed by atoms with Crippen molar-refractivity contribution in [1.82, 2.24) is 0 Å². The van der Waals surface area contributed by atoms with Crippen LogP contribution >= 0.6 is 0 Å². The van der Waals surface area contributed by atoms with Crippen molar-refractivity contribution in [3.63, 3.8) is 0 Å². The Labute approximate surface area is 101 Å². The first-order chi connectivity index (χ1) is 8.19. The molecule has 2 N–H and O–H groups in total. The fourth-order valence-electron chi connectivity index (χ4n) is 1.66. The summed E-state index contributed by atoms with van der Waals surface area (Å²) in [7, 11) is 0. The number of amides is 1. The van der Waals surface area contributed by atoms with Gasteiger partial charge in [-0.25, -0.2) is 0 Å². The Balaban J connectivity index is 2.15. The van der Waals surface area contributed by atoms with Gasteiger partial charge >= 0.3 is 0 Å². The van der Waals surface area contributed by atoms with Crippen molar-refractivity contribution in [2.75, 3.05) is 11.9 Å². The quantitative estimate of drug-likeness (QED) is 0.758. The molecule has 0 aliphatic heterocycles. The SMILES string of the molecule is Cc1cc(C#CCO)cc(NC(=O)C2CC2)c1. The number of benzene rings is 1. The molecule has 0 spiro atoms. The summed E-state index contributed by atoms with van der Waals surface area (Å²) in [6.45, 7) is 1.80. The van der Waals surface area contributed by atoms with Crippen molar-refractivity contribution in [2.45, 2.75) is 19.8 Å². The summed E-state index contributed by atoms with van der Waals surface area (Å²) in [4.78, 5) is 11.6. The number of aliphatic hydroxyl groups is 1. The van der Waals surface area contributed by atoms with Gasteiger partial charge in [-0.2, -0.15) is 0 Å². The monoisotopic (exact) mass is 229 g/mol. The molecule has 1 aliphatic carbocycles. The second-order valence-corrected chi connectivity index (χ2v) is 4.31. The number of carbonyl (C=O) groups is 1. The second-order valence-electron chi connectivity index (χ2n) is 4.31. The molecule has 88 valence electrons. The lowest BCUT2D eigenvalue weighted by Gasteiger charge is -2.06. The van der Waals surface area contributed by atoms with Crippen molar-refractivity contribution >= 4 is 11.6 Å². The fourth-order valence-corrected chi connectivity index (χ4v) is 1.66. The van der Waals surface area contributed by atoms with Gasteiger partial charge in [-0.05, 0) is 43.5 Å². The zero-order valence-electron chi connectivity index (χ0n) is 9.79. The summed E-state index contributed by atoms with van der Waals surface area (Å²) >= 11 is 0. The number of aryl methyl sites for hydroxylation is 1. The predicted molar refractivity (Wildman–Crippen MR) is 66.5 cm³/mol. The van der Waals surface area contributed by atoms with Gasteiger partial charge in [0.05, 0.1) is 0 Å². The molecule has 1 fully saturated rings. The summed E-state index contributed by atoms with van der Waals surface area (Å²) in [5.74, 6) is 5.73. The Kier molecular flexibility index (Phi) is 3.46. The largest absolute Gasteiger partial charge is 0.384 e. The average Bonchev–Trinajstić information content (AvgIpc) is 3.09. The lowest BCUT2D eigenvalue weighted by Crippen LogP contribution is -2.13. The lowest BCUT2D eigenvalue weighted by molar-refractivity contribution is -0.117. The topological polar surface area (TPSA) is 49.3 Å². The van der Waals surface area contributed by atoms with Crippen LogP contribution in [-0.2, 0) is 4.79 Å². The molecule has 0 atom stereocenters. The van der Waals surface area contributed by atoms with Crippen LogP contribution in [0.25, 0.3) is 0 Å². The first-order valence-electron chi connectivity index (χ1n) is 5.71. The van der Waals surface area contributed by atoms with Crippen LogP contribution in [0.3, 0.4) is 0 Å². The lowest BCUT2D eigenvalue weighted by atomic mass is 10.1. The molecular weight excluding hydrogens is 214 g/mol. The van der Waals surface area contributed by atoms with Crippen LogP contribution in [0, 0.1) is 24.7 Å². The number of aliphatic hydroxyl groups excluding tert-OH is 1. The smallest absolute Gasteiger partial charge is 0.227 e. The normalized spacial score (nSPS) is 13.8. The average molecular weight is 229 g/mol. The number of rotatable bonds is 2. The zero-order chi connectivity index (χ0) is 12.3. The highest BCUT2D eigenvalue weighted by Gasteiger charge is 2.29. The summed E-state index contributed by atoms with van der Waals surface area (Å²) in [6, 6.07) is 5.68. The third-order valence-electron chi connectivity index (χ3n) is 2.60. The van der Waals surface area contributed by atoms with Gasteiger partial charge in [0.1, 0.15) is 6.61 Å². The molecule has 0 saturated heterocycles. The van der Waals surface area contributed by atoms with Gasteiger partial charge in [-0.3, -0.25) is 4.79 Å². The van der Waals surface area contributed by atoms with Crippen LogP contribution in [0.15, 0.2) is 18.2 Å². The predicted octanol–water partition coefficient (Wildman–Crippen LogP) is 1.69. The molecule has 0 radical (unpaired) electrons. The Bertz CT molecular complexity index is 493. The molecule has 1 aromatic carbocycles. The molecule has 1 saturated carbocycles. The van der Waals surface area contributed by atoms with Gasteiger partial charge in [0.2, 0.25) is 5.91 Å². The van der Waals surface area contributed by atoms with Gasteiger partial charge in [-0.15, -0.1) is 0 Å². The minimum atomic E-state index is -0.155. The first-order valence-corrected chi connectivity index (χ1v) is 5.71. The van der Waals surface area contributed by atoms with Crippen molar-refractivity contribution < 1.29 is 9.90 Å². The van der Waals surface area contributed by atoms with E-state index >= 15 is 0 Å². The number of hydrogen-bond acceptors (Lipinski definition) is 2. The maximum Gasteiger partial charge on any atom is 0.227 e. The maximum absolute atomic E-state index is 11.6. The summed E-state index contributed by atoms with van der Waals surface area (Å²) in [5.41, 5.74) is 2.63. The van der Waals surface area contributed by atoms with E-state index in [0.29, 0.717) is 0 Å². The first kappa shape index (κ1) is 11.7. The van der Waals surface area contributed by atoms with E-state index in [0.717, 1.165) is 29.7 Å². The van der Waals surface area contributed by atoms with Crippen LogP contribution < -0.4 is 5.32 Å². The van der Waals surface area contributed by atoms with Crippen molar-refractivity contribution in [3.8, 4) is 11.8 Å². The highest BCUT2D eigenvalue weighted by Crippen LogP contribution is 2.30. The molecule has 0 aromatic heterocycles. The van der Waals surface area contributed by atoms with E-state index in [-0.39, 0.29) is 18.4 Å². The molecular formula is C14H15NO2. The van der Waals surface area contributed by atoms with Crippen LogP contribution in [-0.4, -0.2) is 17.6 Å². The minimum Gasteiger partial charge on any atom is -0.384 e. The Morgan fingerprint density at radius 2 is 2.24 bits per heavy atom. The molecule has 3 heteroatoms. The van der Waals surface area contributed by atoms with E-state index in [1.165, 1.54) is 0 Å². The van der Waals surface area contributed by atoms with Crippen molar-refractivity contribution in [1.29, 1.82) is 0 Å². The van der Waals surface area contributed by atoms with E-state index < -0.39 is 0 Å². The Hall–Kier alpha value is -1.79. The summed E-state index contributed by atoms with van der Waals surface area (Å²) < 4.78 is 0. The molecule has 1 amide bonds. The summed E-state index contributed by atoms with van der Waals surface area (Å²) in [5, 5.41) is 11.5. The van der Waals surface area contributed by atoms with Crippen LogP contribution in [0.4, 0.5) is 5.69 Å². The summed E-state index contributed by atoms with van der Waals surface area (Å²) in [6.07, 6.45) is 1.99. The zero-order valence-corrected chi connectivity index (χ0v) is 9.79. The Morgan fingerprint density at radius 3 is 2.88 bits per heavy atom. The van der Waals surface area contributed by atoms with Crippen LogP contribution in [0.2, 0.25) is 0 Å². The fraction of sp³-hybridized carbons (Fsp3) is 0.357. The molecule has 0 unspecified atom stereocenters. The molecule has 17 heavy (non-hydrogen) atoms. The number of nitrogens with one attached hydrogen (secondary N) is 1. The van der Waals surface area contributed by atoms with E-state index in [2.05, 4.69) is 17.2 Å². The number of hydrogen-bond donors (Lipinski definition) is 2. The van der Waals surface area contributed by atoms with Gasteiger partial charge in [0, 0.05) is 17.2 Å². The van der Waals surface area contributed by atoms with Gasteiger partial charge in [0.25, 0.3) is 0 Å². The highest BCUT2D eigenvalue weighted by molar-refractivity contribution is 5.94. The molecule has 0 heterocycles. The molecule has 2 rings (SSSR count). The van der Waals surface area contributed by atoms with Crippen LogP contribution in [0.5, 0.6) is 0 Å². The minimum absolute atomic E-state index is 0.0941. The van der Waals surface area contributed by atoms with Crippen LogP contribution in [0.1, 0.15) is 24.0 Å². The van der Waals surface area contributed by atoms with Crippen molar-refractivity contribution in [2.24, 2.45) is 5.92 Å². The van der Waals surface area contributed by atoms with Gasteiger partial charge in [-0.1, -0.05) is 11.8 Å².